The van der Waals surface area contributed by atoms with Crippen LogP contribution in [-0.4, -0.2) is 79.9 Å². The summed E-state index contributed by atoms with van der Waals surface area (Å²) in [5.74, 6) is 0.576. The molecule has 0 aromatic rings. The van der Waals surface area contributed by atoms with Crippen LogP contribution in [0, 0.1) is 5.41 Å². The van der Waals surface area contributed by atoms with E-state index in [1.54, 1.807) is 0 Å². The normalized spacial score (nSPS) is 33.7. The third kappa shape index (κ3) is 4.20. The molecule has 1 aliphatic carbocycles. The average molecular weight is 398 g/mol. The van der Waals surface area contributed by atoms with Crippen LogP contribution in [-0.2, 0) is 14.6 Å². The minimum atomic E-state index is -2.98. The Labute approximate surface area is 164 Å². The van der Waals surface area contributed by atoms with Crippen molar-refractivity contribution in [3.05, 3.63) is 0 Å². The van der Waals surface area contributed by atoms with Crippen LogP contribution in [0.5, 0.6) is 0 Å². The number of amides is 1. The van der Waals surface area contributed by atoms with Crippen LogP contribution in [0.3, 0.4) is 0 Å². The lowest BCUT2D eigenvalue weighted by molar-refractivity contribution is -0.137. The van der Waals surface area contributed by atoms with Crippen molar-refractivity contribution in [3.63, 3.8) is 0 Å². The van der Waals surface area contributed by atoms with Gasteiger partial charge in [0.05, 0.1) is 18.1 Å². The summed E-state index contributed by atoms with van der Waals surface area (Å²) in [6.07, 6.45) is 8.60. The monoisotopic (exact) mass is 397 g/mol. The lowest BCUT2D eigenvalue weighted by Gasteiger charge is -2.36. The molecule has 7 heteroatoms. The summed E-state index contributed by atoms with van der Waals surface area (Å²) in [6, 6.07) is 0.586. The molecule has 6 nitrogen and oxygen atoms in total. The second-order valence-electron chi connectivity index (χ2n) is 9.50. The van der Waals surface area contributed by atoms with Gasteiger partial charge in [-0.25, -0.2) is 8.42 Å². The molecule has 4 aliphatic rings. The van der Waals surface area contributed by atoms with Crippen molar-refractivity contribution in [2.45, 2.75) is 76.4 Å². The van der Waals surface area contributed by atoms with E-state index in [4.69, 9.17) is 0 Å². The van der Waals surface area contributed by atoms with E-state index in [-0.39, 0.29) is 29.5 Å². The molecule has 0 radical (unpaired) electrons. The summed E-state index contributed by atoms with van der Waals surface area (Å²) >= 11 is 0. The minimum absolute atomic E-state index is 0.101. The molecule has 1 saturated carbocycles. The first-order valence-corrected chi connectivity index (χ1v) is 12.7. The second kappa shape index (κ2) is 7.64. The van der Waals surface area contributed by atoms with Gasteiger partial charge in [-0.05, 0) is 64.0 Å². The number of carbonyl (C=O) groups is 1. The molecule has 2 unspecified atom stereocenters. The van der Waals surface area contributed by atoms with E-state index in [2.05, 4.69) is 17.1 Å². The summed E-state index contributed by atoms with van der Waals surface area (Å²) < 4.78 is 24.1. The fourth-order valence-corrected chi connectivity index (χ4v) is 7.79. The SMILES string of the molecule is CC1CC2(CCNCC2)CN1CC(=O)N(C1CCCC1)C1CCS(=O)(=O)C1. The van der Waals surface area contributed by atoms with Crippen molar-refractivity contribution < 1.29 is 13.2 Å². The Balaban J connectivity index is 1.45. The Morgan fingerprint density at radius 2 is 1.85 bits per heavy atom. The van der Waals surface area contributed by atoms with Gasteiger partial charge in [-0.2, -0.15) is 0 Å². The summed E-state index contributed by atoms with van der Waals surface area (Å²) in [4.78, 5) is 17.8. The van der Waals surface area contributed by atoms with E-state index < -0.39 is 9.84 Å². The molecule has 4 fully saturated rings. The predicted molar refractivity (Wildman–Crippen MR) is 106 cm³/mol. The predicted octanol–water partition coefficient (Wildman–Crippen LogP) is 1.41. The van der Waals surface area contributed by atoms with Crippen LogP contribution in [0.15, 0.2) is 0 Å². The Morgan fingerprint density at radius 3 is 2.48 bits per heavy atom. The highest BCUT2D eigenvalue weighted by atomic mass is 32.2. The van der Waals surface area contributed by atoms with Crippen LogP contribution >= 0.6 is 0 Å². The molecular weight excluding hydrogens is 362 g/mol. The lowest BCUT2D eigenvalue weighted by atomic mass is 9.77. The highest BCUT2D eigenvalue weighted by Gasteiger charge is 2.45. The van der Waals surface area contributed by atoms with Gasteiger partial charge >= 0.3 is 0 Å². The Hall–Kier alpha value is -0.660. The summed E-state index contributed by atoms with van der Waals surface area (Å²) in [6.45, 7) is 5.90. The van der Waals surface area contributed by atoms with Crippen molar-refractivity contribution in [3.8, 4) is 0 Å². The van der Waals surface area contributed by atoms with Crippen LogP contribution in [0.2, 0.25) is 0 Å². The number of hydrogen-bond donors (Lipinski definition) is 1. The van der Waals surface area contributed by atoms with Crippen LogP contribution in [0.4, 0.5) is 0 Å². The first-order chi connectivity index (χ1) is 12.9. The number of carbonyl (C=O) groups excluding carboxylic acids is 1. The number of likely N-dealkylation sites (tertiary alicyclic amines) is 1. The van der Waals surface area contributed by atoms with Gasteiger partial charge in [0.2, 0.25) is 5.91 Å². The quantitative estimate of drug-likeness (QED) is 0.777. The van der Waals surface area contributed by atoms with E-state index in [1.165, 1.54) is 19.3 Å². The zero-order valence-corrected chi connectivity index (χ0v) is 17.5. The standard InChI is InChI=1S/C20H35N3O3S/c1-16-12-20(7-9-21-10-8-20)15-22(16)13-19(24)23(17-4-2-3-5-17)18-6-11-27(25,26)14-18/h16-18,21H,2-15H2,1H3. The minimum Gasteiger partial charge on any atom is -0.335 e. The maximum absolute atomic E-state index is 13.4. The number of sulfone groups is 1. The topological polar surface area (TPSA) is 69.7 Å². The number of hydrogen-bond acceptors (Lipinski definition) is 5. The van der Waals surface area contributed by atoms with Gasteiger partial charge in [-0.1, -0.05) is 12.8 Å². The molecule has 3 aliphatic heterocycles. The van der Waals surface area contributed by atoms with Crippen LogP contribution in [0.25, 0.3) is 0 Å². The molecule has 154 valence electrons. The summed E-state index contributed by atoms with van der Waals surface area (Å²) in [5, 5.41) is 3.46. The van der Waals surface area contributed by atoms with E-state index >= 15 is 0 Å². The third-order valence-electron chi connectivity index (χ3n) is 7.50. The van der Waals surface area contributed by atoms with Gasteiger partial charge in [0.1, 0.15) is 0 Å². The van der Waals surface area contributed by atoms with Gasteiger partial charge in [0.25, 0.3) is 0 Å². The second-order valence-corrected chi connectivity index (χ2v) is 11.7. The molecule has 3 heterocycles. The highest BCUT2D eigenvalue weighted by Crippen LogP contribution is 2.42. The van der Waals surface area contributed by atoms with Gasteiger partial charge in [-0.3, -0.25) is 9.69 Å². The first-order valence-electron chi connectivity index (χ1n) is 10.8. The summed E-state index contributed by atoms with van der Waals surface area (Å²) in [7, 11) is -2.98. The molecule has 0 aromatic heterocycles. The van der Waals surface area contributed by atoms with Crippen LogP contribution < -0.4 is 5.32 Å². The smallest absolute Gasteiger partial charge is 0.237 e. The zero-order valence-electron chi connectivity index (χ0n) is 16.7. The number of piperidine rings is 1. The van der Waals surface area contributed by atoms with Crippen molar-refractivity contribution in [2.75, 3.05) is 37.7 Å². The molecule has 3 saturated heterocycles. The molecule has 0 bridgehead atoms. The molecule has 1 amide bonds. The molecule has 1 spiro atoms. The van der Waals surface area contributed by atoms with Crippen molar-refractivity contribution in [2.24, 2.45) is 5.41 Å². The largest absolute Gasteiger partial charge is 0.335 e. The Morgan fingerprint density at radius 1 is 1.15 bits per heavy atom. The van der Waals surface area contributed by atoms with Gasteiger partial charge in [0.15, 0.2) is 9.84 Å². The molecule has 2 atom stereocenters. The van der Waals surface area contributed by atoms with Crippen molar-refractivity contribution in [1.82, 2.24) is 15.1 Å². The van der Waals surface area contributed by atoms with Crippen molar-refractivity contribution in [1.29, 1.82) is 0 Å². The fraction of sp³-hybridized carbons (Fsp3) is 0.950. The van der Waals surface area contributed by atoms with Crippen LogP contribution in [0.1, 0.15) is 58.3 Å². The highest BCUT2D eigenvalue weighted by molar-refractivity contribution is 7.91. The Bertz CT molecular complexity index is 653. The molecule has 1 N–H and O–H groups in total. The molecular formula is C20H35N3O3S. The van der Waals surface area contributed by atoms with E-state index in [9.17, 15) is 13.2 Å². The number of rotatable bonds is 4. The van der Waals surface area contributed by atoms with Gasteiger partial charge in [0, 0.05) is 24.7 Å². The van der Waals surface area contributed by atoms with Gasteiger partial charge in [-0.15, -0.1) is 0 Å². The Kier molecular flexibility index (Phi) is 5.56. The first kappa shape index (κ1) is 19.6. The maximum Gasteiger partial charge on any atom is 0.237 e. The number of nitrogens with one attached hydrogen (secondary N) is 1. The number of nitrogens with zero attached hydrogens (tertiary/aromatic N) is 2. The van der Waals surface area contributed by atoms with Crippen molar-refractivity contribution >= 4 is 15.7 Å². The lowest BCUT2D eigenvalue weighted by Crippen LogP contribution is -2.51. The fourth-order valence-electron chi connectivity index (χ4n) is 6.08. The molecule has 0 aromatic carbocycles. The molecule has 4 rings (SSSR count). The summed E-state index contributed by atoms with van der Waals surface area (Å²) in [5.41, 5.74) is 0.375. The van der Waals surface area contributed by atoms with Gasteiger partial charge < -0.3 is 10.2 Å². The zero-order chi connectivity index (χ0) is 19.1. The average Bonchev–Trinajstić information content (AvgIpc) is 3.31. The molecule has 27 heavy (non-hydrogen) atoms. The van der Waals surface area contributed by atoms with E-state index in [0.29, 0.717) is 24.4 Å². The van der Waals surface area contributed by atoms with E-state index in [1.807, 2.05) is 4.90 Å². The van der Waals surface area contributed by atoms with E-state index in [0.717, 1.165) is 45.3 Å². The third-order valence-corrected chi connectivity index (χ3v) is 9.25. The maximum atomic E-state index is 13.4.